The van der Waals surface area contributed by atoms with E-state index in [0.29, 0.717) is 12.8 Å². The molecule has 8 nitrogen and oxygen atoms in total. The van der Waals surface area contributed by atoms with Gasteiger partial charge < -0.3 is 9.47 Å². The average Bonchev–Trinajstić information content (AvgIpc) is 2.73. The SMILES string of the molecule is O=C(NO)C1(CS(=O)(=O)N2CCC(Oc3ccc(C(F)(F)F)cc3)CC2)CCOCC1. The van der Waals surface area contributed by atoms with Crippen molar-refractivity contribution in [3.63, 3.8) is 0 Å². The molecule has 0 atom stereocenters. The summed E-state index contributed by atoms with van der Waals surface area (Å²) in [5, 5.41) is 9.07. The molecule has 2 saturated heterocycles. The molecule has 2 N–H and O–H groups in total. The van der Waals surface area contributed by atoms with Crippen LogP contribution in [0.4, 0.5) is 13.2 Å². The molecule has 31 heavy (non-hydrogen) atoms. The summed E-state index contributed by atoms with van der Waals surface area (Å²) >= 11 is 0. The van der Waals surface area contributed by atoms with Gasteiger partial charge in [0.2, 0.25) is 10.0 Å². The van der Waals surface area contributed by atoms with E-state index in [1.165, 1.54) is 16.4 Å². The van der Waals surface area contributed by atoms with Gasteiger partial charge in [0.1, 0.15) is 11.9 Å². The van der Waals surface area contributed by atoms with E-state index in [1.54, 1.807) is 5.48 Å². The van der Waals surface area contributed by atoms with Crippen molar-refractivity contribution in [3.8, 4) is 5.75 Å². The summed E-state index contributed by atoms with van der Waals surface area (Å²) in [5.41, 5.74) is -0.439. The Morgan fingerprint density at radius 3 is 2.29 bits per heavy atom. The van der Waals surface area contributed by atoms with Crippen LogP contribution in [0.5, 0.6) is 5.75 Å². The standard InChI is InChI=1S/C19H25F3N2O6S/c20-19(21,22)14-1-3-15(4-2-14)30-16-5-9-24(10-6-16)31(27,28)13-18(17(25)23-26)7-11-29-12-8-18/h1-4,16,26H,5-13H2,(H,23,25). The number of hydrogen-bond acceptors (Lipinski definition) is 6. The Hall–Kier alpha value is -1.89. The largest absolute Gasteiger partial charge is 0.490 e. The maximum Gasteiger partial charge on any atom is 0.416 e. The Morgan fingerprint density at radius 2 is 1.77 bits per heavy atom. The highest BCUT2D eigenvalue weighted by molar-refractivity contribution is 7.89. The van der Waals surface area contributed by atoms with Gasteiger partial charge in [0.15, 0.2) is 0 Å². The van der Waals surface area contributed by atoms with Gasteiger partial charge in [0, 0.05) is 26.3 Å². The van der Waals surface area contributed by atoms with E-state index in [9.17, 15) is 26.4 Å². The summed E-state index contributed by atoms with van der Waals surface area (Å²) in [5.74, 6) is -0.879. The summed E-state index contributed by atoms with van der Waals surface area (Å²) in [6.07, 6.45) is -3.66. The van der Waals surface area contributed by atoms with Crippen molar-refractivity contribution in [2.24, 2.45) is 5.41 Å². The molecule has 0 aliphatic carbocycles. The van der Waals surface area contributed by atoms with Gasteiger partial charge in [-0.1, -0.05) is 0 Å². The number of amides is 1. The van der Waals surface area contributed by atoms with E-state index in [0.717, 1.165) is 12.1 Å². The number of sulfonamides is 1. The van der Waals surface area contributed by atoms with Crippen molar-refractivity contribution < 1.29 is 41.1 Å². The fraction of sp³-hybridized carbons (Fsp3) is 0.632. The van der Waals surface area contributed by atoms with Crippen LogP contribution in [0.15, 0.2) is 24.3 Å². The molecule has 174 valence electrons. The third-order valence-electron chi connectivity index (χ3n) is 5.77. The summed E-state index contributed by atoms with van der Waals surface area (Å²) in [4.78, 5) is 12.2. The monoisotopic (exact) mass is 466 g/mol. The maximum absolute atomic E-state index is 13.0. The number of carbonyl (C=O) groups excluding carboxylic acids is 1. The van der Waals surface area contributed by atoms with Gasteiger partial charge in [-0.3, -0.25) is 10.0 Å². The summed E-state index contributed by atoms with van der Waals surface area (Å²) in [6, 6.07) is 4.37. The van der Waals surface area contributed by atoms with Gasteiger partial charge in [0.25, 0.3) is 5.91 Å². The second-order valence-corrected chi connectivity index (χ2v) is 9.80. The number of carbonyl (C=O) groups is 1. The van der Waals surface area contributed by atoms with Crippen molar-refractivity contribution in [2.75, 3.05) is 32.1 Å². The molecule has 0 saturated carbocycles. The number of nitrogens with one attached hydrogen (secondary N) is 1. The number of nitrogens with zero attached hydrogens (tertiary/aromatic N) is 1. The normalized spacial score (nSPS) is 20.9. The number of hydroxylamine groups is 1. The zero-order valence-corrected chi connectivity index (χ0v) is 17.5. The third-order valence-corrected chi connectivity index (χ3v) is 7.84. The first-order valence-corrected chi connectivity index (χ1v) is 11.5. The molecule has 2 heterocycles. The fourth-order valence-electron chi connectivity index (χ4n) is 3.90. The van der Waals surface area contributed by atoms with E-state index < -0.39 is 38.8 Å². The van der Waals surface area contributed by atoms with Crippen LogP contribution in [0.1, 0.15) is 31.2 Å². The Balaban J connectivity index is 1.58. The quantitative estimate of drug-likeness (QED) is 0.492. The molecule has 1 aromatic rings. The topological polar surface area (TPSA) is 105 Å². The lowest BCUT2D eigenvalue weighted by Crippen LogP contribution is -2.52. The van der Waals surface area contributed by atoms with Crippen LogP contribution in [0.3, 0.4) is 0 Å². The number of piperidine rings is 1. The molecule has 2 aliphatic rings. The fourth-order valence-corrected chi connectivity index (χ4v) is 5.97. The van der Waals surface area contributed by atoms with E-state index in [4.69, 9.17) is 14.7 Å². The van der Waals surface area contributed by atoms with Crippen molar-refractivity contribution in [1.29, 1.82) is 0 Å². The van der Waals surface area contributed by atoms with Crippen molar-refractivity contribution in [1.82, 2.24) is 9.79 Å². The summed E-state index contributed by atoms with van der Waals surface area (Å²) in [7, 11) is -3.79. The predicted octanol–water partition coefficient (Wildman–Crippen LogP) is 2.18. The number of ether oxygens (including phenoxy) is 2. The van der Waals surface area contributed by atoms with Crippen LogP contribution in [0, 0.1) is 5.41 Å². The number of alkyl halides is 3. The zero-order valence-electron chi connectivity index (χ0n) is 16.7. The van der Waals surface area contributed by atoms with Crippen LogP contribution in [-0.2, 0) is 25.7 Å². The minimum atomic E-state index is -4.42. The van der Waals surface area contributed by atoms with Gasteiger partial charge >= 0.3 is 6.18 Å². The molecule has 0 spiro atoms. The second kappa shape index (κ2) is 9.31. The first-order valence-electron chi connectivity index (χ1n) is 9.90. The molecule has 1 amide bonds. The molecular weight excluding hydrogens is 441 g/mol. The van der Waals surface area contributed by atoms with E-state index >= 15 is 0 Å². The Labute approximate surface area is 178 Å². The molecule has 0 aromatic heterocycles. The predicted molar refractivity (Wildman–Crippen MR) is 103 cm³/mol. The molecule has 12 heteroatoms. The van der Waals surface area contributed by atoms with Crippen molar-refractivity contribution in [3.05, 3.63) is 29.8 Å². The van der Waals surface area contributed by atoms with Gasteiger partial charge in [-0.25, -0.2) is 18.2 Å². The first-order chi connectivity index (χ1) is 14.6. The highest BCUT2D eigenvalue weighted by Gasteiger charge is 2.45. The minimum Gasteiger partial charge on any atom is -0.490 e. The van der Waals surface area contributed by atoms with E-state index in [2.05, 4.69) is 0 Å². The molecule has 3 rings (SSSR count). The molecule has 0 radical (unpaired) electrons. The number of benzene rings is 1. The lowest BCUT2D eigenvalue weighted by Gasteiger charge is -2.37. The average molecular weight is 466 g/mol. The van der Waals surface area contributed by atoms with Crippen LogP contribution >= 0.6 is 0 Å². The lowest BCUT2D eigenvalue weighted by atomic mass is 9.81. The second-order valence-electron chi connectivity index (χ2n) is 7.83. The molecular formula is C19H25F3N2O6S. The van der Waals surface area contributed by atoms with Crippen LogP contribution in [0.2, 0.25) is 0 Å². The summed E-state index contributed by atoms with van der Waals surface area (Å²) in [6.45, 7) is 0.792. The molecule has 0 unspecified atom stereocenters. The maximum atomic E-state index is 13.0. The molecule has 0 bridgehead atoms. The van der Waals surface area contributed by atoms with Crippen molar-refractivity contribution in [2.45, 2.75) is 38.0 Å². The Bertz CT molecular complexity index is 862. The van der Waals surface area contributed by atoms with Crippen LogP contribution in [-0.4, -0.2) is 62.0 Å². The van der Waals surface area contributed by atoms with Crippen LogP contribution in [0.25, 0.3) is 0 Å². The van der Waals surface area contributed by atoms with Gasteiger partial charge in [-0.15, -0.1) is 0 Å². The highest BCUT2D eigenvalue weighted by Crippen LogP contribution is 2.34. The van der Waals surface area contributed by atoms with Crippen molar-refractivity contribution >= 4 is 15.9 Å². The third kappa shape index (κ3) is 5.68. The Morgan fingerprint density at radius 1 is 1.19 bits per heavy atom. The van der Waals surface area contributed by atoms with Crippen LogP contribution < -0.4 is 10.2 Å². The number of rotatable bonds is 6. The van der Waals surface area contributed by atoms with E-state index in [1.807, 2.05) is 0 Å². The molecule has 1 aromatic carbocycles. The minimum absolute atomic E-state index is 0.168. The summed E-state index contributed by atoms with van der Waals surface area (Å²) < 4.78 is 76.1. The molecule has 2 aliphatic heterocycles. The first kappa shape index (κ1) is 23.8. The Kier molecular flexibility index (Phi) is 7.14. The number of halogens is 3. The molecule has 2 fully saturated rings. The zero-order chi connectivity index (χ0) is 22.7. The van der Waals surface area contributed by atoms with Gasteiger partial charge in [0.05, 0.1) is 16.7 Å². The highest BCUT2D eigenvalue weighted by atomic mass is 32.2. The lowest BCUT2D eigenvalue weighted by molar-refractivity contribution is -0.143. The van der Waals surface area contributed by atoms with Gasteiger partial charge in [-0.2, -0.15) is 13.2 Å². The van der Waals surface area contributed by atoms with Gasteiger partial charge in [-0.05, 0) is 49.9 Å². The number of hydrogen-bond donors (Lipinski definition) is 2. The van der Waals surface area contributed by atoms with E-state index in [-0.39, 0.29) is 51.0 Å². The smallest absolute Gasteiger partial charge is 0.416 e.